The standard InChI is InChI=1S/C25H49NO4/c1-6-8-9-10-11-12-13-14-15-16-17-18-19-21-29-23(27)22(25(3,4)5)26-24(28)30-20-7-2/h22H,6-21H2,1-5H3,(H,26,28). The Balaban J connectivity index is 3.77. The number of carbonyl (C=O) groups excluding carboxylic acids is 2. The molecule has 0 aliphatic heterocycles. The Morgan fingerprint density at radius 2 is 1.13 bits per heavy atom. The zero-order chi connectivity index (χ0) is 22.7. The van der Waals surface area contributed by atoms with Crippen LogP contribution in [0.15, 0.2) is 0 Å². The minimum atomic E-state index is -0.705. The molecule has 0 heterocycles. The van der Waals surface area contributed by atoms with E-state index in [1.165, 1.54) is 70.6 Å². The number of nitrogens with one attached hydrogen (secondary N) is 1. The van der Waals surface area contributed by atoms with E-state index in [1.54, 1.807) is 0 Å². The van der Waals surface area contributed by atoms with Crippen molar-refractivity contribution in [3.63, 3.8) is 0 Å². The summed E-state index contributed by atoms with van der Waals surface area (Å²) < 4.78 is 10.5. The third-order valence-electron chi connectivity index (χ3n) is 5.29. The fourth-order valence-corrected chi connectivity index (χ4v) is 3.36. The lowest BCUT2D eigenvalue weighted by Crippen LogP contribution is -2.50. The van der Waals surface area contributed by atoms with Gasteiger partial charge in [-0.1, -0.05) is 112 Å². The van der Waals surface area contributed by atoms with Crippen molar-refractivity contribution in [2.45, 2.75) is 131 Å². The predicted molar refractivity (Wildman–Crippen MR) is 125 cm³/mol. The van der Waals surface area contributed by atoms with Crippen LogP contribution in [0.25, 0.3) is 0 Å². The van der Waals surface area contributed by atoms with Crippen molar-refractivity contribution in [1.29, 1.82) is 0 Å². The highest BCUT2D eigenvalue weighted by Crippen LogP contribution is 2.21. The van der Waals surface area contributed by atoms with Crippen molar-refractivity contribution in [3.8, 4) is 0 Å². The van der Waals surface area contributed by atoms with Crippen LogP contribution in [-0.2, 0) is 14.3 Å². The van der Waals surface area contributed by atoms with Crippen LogP contribution in [0.1, 0.15) is 125 Å². The van der Waals surface area contributed by atoms with E-state index in [1.807, 2.05) is 27.7 Å². The summed E-state index contributed by atoms with van der Waals surface area (Å²) >= 11 is 0. The van der Waals surface area contributed by atoms with E-state index >= 15 is 0 Å². The van der Waals surface area contributed by atoms with Gasteiger partial charge in [0.15, 0.2) is 0 Å². The number of hydrogen-bond acceptors (Lipinski definition) is 4. The smallest absolute Gasteiger partial charge is 0.407 e. The fraction of sp³-hybridized carbons (Fsp3) is 0.920. The van der Waals surface area contributed by atoms with Gasteiger partial charge in [-0.3, -0.25) is 0 Å². The van der Waals surface area contributed by atoms with Crippen LogP contribution >= 0.6 is 0 Å². The summed E-state index contributed by atoms with van der Waals surface area (Å²) in [6.07, 6.45) is 16.9. The normalized spacial score (nSPS) is 12.4. The van der Waals surface area contributed by atoms with Crippen molar-refractivity contribution in [1.82, 2.24) is 5.32 Å². The first-order valence-corrected chi connectivity index (χ1v) is 12.4. The number of alkyl carbamates (subject to hydrolysis) is 1. The van der Waals surface area contributed by atoms with Gasteiger partial charge in [-0.05, 0) is 18.3 Å². The molecule has 1 N–H and O–H groups in total. The SMILES string of the molecule is CCCCCCCCCCCCCCCOC(=O)C(NC(=O)OCCC)C(C)(C)C. The molecule has 1 amide bonds. The minimum Gasteiger partial charge on any atom is -0.464 e. The minimum absolute atomic E-state index is 0.344. The van der Waals surface area contributed by atoms with Gasteiger partial charge in [-0.2, -0.15) is 0 Å². The summed E-state index contributed by atoms with van der Waals surface area (Å²) in [5.74, 6) is -0.380. The number of ether oxygens (including phenoxy) is 2. The summed E-state index contributed by atoms with van der Waals surface area (Å²) in [6, 6.07) is -0.705. The highest BCUT2D eigenvalue weighted by atomic mass is 16.6. The fourth-order valence-electron chi connectivity index (χ4n) is 3.36. The maximum absolute atomic E-state index is 12.4. The number of unbranched alkanes of at least 4 members (excludes halogenated alkanes) is 12. The molecule has 178 valence electrons. The van der Waals surface area contributed by atoms with E-state index in [0.717, 1.165) is 19.3 Å². The van der Waals surface area contributed by atoms with Crippen molar-refractivity contribution >= 4 is 12.1 Å². The van der Waals surface area contributed by atoms with E-state index in [4.69, 9.17) is 9.47 Å². The maximum Gasteiger partial charge on any atom is 0.407 e. The summed E-state index contributed by atoms with van der Waals surface area (Å²) in [6.45, 7) is 10.7. The van der Waals surface area contributed by atoms with Crippen LogP contribution in [0.3, 0.4) is 0 Å². The molecule has 0 aliphatic carbocycles. The second-order valence-electron chi connectivity index (χ2n) is 9.49. The highest BCUT2D eigenvalue weighted by molar-refractivity contribution is 5.82. The van der Waals surface area contributed by atoms with Crippen molar-refractivity contribution in [2.75, 3.05) is 13.2 Å². The largest absolute Gasteiger partial charge is 0.464 e. The van der Waals surface area contributed by atoms with Gasteiger partial charge >= 0.3 is 12.1 Å². The molecule has 0 rings (SSSR count). The summed E-state index contributed by atoms with van der Waals surface area (Å²) in [4.78, 5) is 24.2. The van der Waals surface area contributed by atoms with E-state index < -0.39 is 17.6 Å². The second kappa shape index (κ2) is 18.5. The van der Waals surface area contributed by atoms with Crippen molar-refractivity contribution < 1.29 is 19.1 Å². The monoisotopic (exact) mass is 427 g/mol. The topological polar surface area (TPSA) is 64.6 Å². The maximum atomic E-state index is 12.4. The van der Waals surface area contributed by atoms with Gasteiger partial charge < -0.3 is 14.8 Å². The van der Waals surface area contributed by atoms with Crippen LogP contribution in [-0.4, -0.2) is 31.3 Å². The van der Waals surface area contributed by atoms with Crippen molar-refractivity contribution in [3.05, 3.63) is 0 Å². The first kappa shape index (κ1) is 28.7. The van der Waals surface area contributed by atoms with Gasteiger partial charge in [0.2, 0.25) is 0 Å². The van der Waals surface area contributed by atoms with Gasteiger partial charge in [0.1, 0.15) is 6.04 Å². The molecule has 0 saturated heterocycles. The molecule has 5 nitrogen and oxygen atoms in total. The van der Waals surface area contributed by atoms with Crippen LogP contribution in [0.4, 0.5) is 4.79 Å². The average molecular weight is 428 g/mol. The summed E-state index contributed by atoms with van der Waals surface area (Å²) in [5.41, 5.74) is -0.432. The molecule has 0 saturated carbocycles. The third-order valence-corrected chi connectivity index (χ3v) is 5.29. The van der Waals surface area contributed by atoms with E-state index in [0.29, 0.717) is 13.2 Å². The Labute approximate surface area is 186 Å². The molecule has 0 radical (unpaired) electrons. The molecule has 1 unspecified atom stereocenters. The van der Waals surface area contributed by atoms with Gasteiger partial charge in [0, 0.05) is 0 Å². The van der Waals surface area contributed by atoms with Crippen molar-refractivity contribution in [2.24, 2.45) is 5.41 Å². The molecular formula is C25H49NO4. The Hall–Kier alpha value is -1.26. The van der Waals surface area contributed by atoms with E-state index in [9.17, 15) is 9.59 Å². The zero-order valence-electron chi connectivity index (χ0n) is 20.5. The lowest BCUT2D eigenvalue weighted by atomic mass is 9.87. The molecule has 1 atom stereocenters. The van der Waals surface area contributed by atoms with Gasteiger partial charge in [0.25, 0.3) is 0 Å². The Morgan fingerprint density at radius 3 is 1.57 bits per heavy atom. The zero-order valence-corrected chi connectivity index (χ0v) is 20.5. The molecule has 30 heavy (non-hydrogen) atoms. The number of esters is 1. The Kier molecular flexibility index (Phi) is 17.7. The number of carbonyl (C=O) groups is 2. The molecule has 0 spiro atoms. The number of hydrogen-bond donors (Lipinski definition) is 1. The van der Waals surface area contributed by atoms with Gasteiger partial charge in [0.05, 0.1) is 13.2 Å². The lowest BCUT2D eigenvalue weighted by Gasteiger charge is -2.29. The van der Waals surface area contributed by atoms with Crippen LogP contribution in [0.5, 0.6) is 0 Å². The number of rotatable bonds is 18. The van der Waals surface area contributed by atoms with Gasteiger partial charge in [-0.15, -0.1) is 0 Å². The number of amides is 1. The molecule has 5 heteroatoms. The second-order valence-corrected chi connectivity index (χ2v) is 9.49. The molecular weight excluding hydrogens is 378 g/mol. The van der Waals surface area contributed by atoms with Gasteiger partial charge in [-0.25, -0.2) is 9.59 Å². The van der Waals surface area contributed by atoms with E-state index in [-0.39, 0.29) is 5.97 Å². The average Bonchev–Trinajstić information content (AvgIpc) is 2.69. The lowest BCUT2D eigenvalue weighted by molar-refractivity contribution is -0.149. The summed E-state index contributed by atoms with van der Waals surface area (Å²) in [7, 11) is 0. The Morgan fingerprint density at radius 1 is 0.667 bits per heavy atom. The van der Waals surface area contributed by atoms with Crippen LogP contribution in [0.2, 0.25) is 0 Å². The highest BCUT2D eigenvalue weighted by Gasteiger charge is 2.34. The molecule has 0 fully saturated rings. The Bertz CT molecular complexity index is 431. The predicted octanol–water partition coefficient (Wildman–Crippen LogP) is 7.17. The molecule has 0 aromatic carbocycles. The molecule has 0 aliphatic rings. The first-order chi connectivity index (χ1) is 14.3. The van der Waals surface area contributed by atoms with Crippen LogP contribution < -0.4 is 5.32 Å². The third kappa shape index (κ3) is 16.5. The quantitative estimate of drug-likeness (QED) is 0.186. The summed E-state index contributed by atoms with van der Waals surface area (Å²) in [5, 5.41) is 2.66. The molecule has 0 aromatic rings. The molecule has 0 bridgehead atoms. The molecule has 0 aromatic heterocycles. The first-order valence-electron chi connectivity index (χ1n) is 12.4. The van der Waals surface area contributed by atoms with Crippen LogP contribution in [0, 0.1) is 5.41 Å². The van der Waals surface area contributed by atoms with E-state index in [2.05, 4.69) is 12.2 Å².